The van der Waals surface area contributed by atoms with Gasteiger partial charge >= 0.3 is 0 Å². The van der Waals surface area contributed by atoms with E-state index in [4.69, 9.17) is 4.98 Å². The van der Waals surface area contributed by atoms with Crippen molar-refractivity contribution in [1.82, 2.24) is 14.6 Å². The molecule has 0 atom stereocenters. The Balaban J connectivity index is 1.50. The third-order valence-corrected chi connectivity index (χ3v) is 8.25. The Morgan fingerprint density at radius 2 is 1.85 bits per heavy atom. The van der Waals surface area contributed by atoms with E-state index in [2.05, 4.69) is 34.4 Å². The predicted molar refractivity (Wildman–Crippen MR) is 135 cm³/mol. The molecule has 3 aromatic rings. The van der Waals surface area contributed by atoms with Gasteiger partial charge in [-0.1, -0.05) is 32.0 Å². The van der Waals surface area contributed by atoms with E-state index in [0.717, 1.165) is 54.5 Å². The molecule has 33 heavy (non-hydrogen) atoms. The monoisotopic (exact) mass is 486 g/mol. The lowest BCUT2D eigenvalue weighted by Gasteiger charge is -2.36. The van der Waals surface area contributed by atoms with E-state index in [1.165, 1.54) is 11.6 Å². The van der Waals surface area contributed by atoms with E-state index in [1.54, 1.807) is 17.4 Å². The number of para-hydroxylation sites is 1. The number of anilines is 1. The van der Waals surface area contributed by atoms with Gasteiger partial charge in [0.15, 0.2) is 0 Å². The van der Waals surface area contributed by atoms with Crippen LogP contribution in [0.5, 0.6) is 0 Å². The van der Waals surface area contributed by atoms with E-state index in [0.29, 0.717) is 11.5 Å². The van der Waals surface area contributed by atoms with Crippen LogP contribution in [0.4, 0.5) is 5.69 Å². The van der Waals surface area contributed by atoms with Crippen LogP contribution in [0.2, 0.25) is 0 Å². The minimum Gasteiger partial charge on any atom is -0.368 e. The maximum atomic E-state index is 12.8. The number of carbonyl (C=O) groups is 1. The van der Waals surface area contributed by atoms with Crippen LogP contribution in [0.15, 0.2) is 42.5 Å². The Morgan fingerprint density at radius 1 is 1.12 bits per heavy atom. The largest absolute Gasteiger partial charge is 0.368 e. The molecular weight excluding hydrogens is 456 g/mol. The normalized spacial score (nSPS) is 15.3. The Labute approximate surface area is 199 Å². The molecule has 1 amide bonds. The number of rotatable bonds is 7. The summed E-state index contributed by atoms with van der Waals surface area (Å²) >= 11 is 1.73. The van der Waals surface area contributed by atoms with E-state index in [1.807, 2.05) is 30.3 Å². The van der Waals surface area contributed by atoms with Gasteiger partial charge in [0, 0.05) is 31.9 Å². The first-order valence-corrected chi connectivity index (χ1v) is 13.7. The fourth-order valence-electron chi connectivity index (χ4n) is 3.96. The average Bonchev–Trinajstić information content (AvgIpc) is 3.21. The number of carbonyl (C=O) groups excluding carboxylic acids is 1. The maximum Gasteiger partial charge on any atom is 0.266 e. The van der Waals surface area contributed by atoms with Crippen molar-refractivity contribution in [3.05, 3.63) is 58.6 Å². The van der Waals surface area contributed by atoms with Gasteiger partial charge in [-0.15, -0.1) is 11.3 Å². The Kier molecular flexibility index (Phi) is 7.02. The number of aromatic nitrogens is 1. The van der Waals surface area contributed by atoms with Gasteiger partial charge in [0.1, 0.15) is 5.01 Å². The molecule has 2 aromatic carbocycles. The first-order valence-electron chi connectivity index (χ1n) is 11.3. The van der Waals surface area contributed by atoms with Gasteiger partial charge in [-0.2, -0.15) is 0 Å². The fraction of sp³-hybridized carbons (Fsp3) is 0.417. The zero-order valence-electron chi connectivity index (χ0n) is 19.2. The minimum absolute atomic E-state index is 0.136. The van der Waals surface area contributed by atoms with Crippen LogP contribution in [-0.4, -0.2) is 56.1 Å². The third-order valence-electron chi connectivity index (χ3n) is 5.97. The number of thiazole rings is 1. The first kappa shape index (κ1) is 23.7. The molecule has 7 nitrogen and oxygen atoms in total. The van der Waals surface area contributed by atoms with E-state index in [9.17, 15) is 13.2 Å². The molecule has 1 aliphatic rings. The fourth-order valence-corrected chi connectivity index (χ4v) is 5.50. The highest BCUT2D eigenvalue weighted by Crippen LogP contribution is 2.28. The number of sulfonamides is 1. The highest BCUT2D eigenvalue weighted by Gasteiger charge is 2.24. The summed E-state index contributed by atoms with van der Waals surface area (Å²) in [7, 11) is -3.63. The van der Waals surface area contributed by atoms with E-state index >= 15 is 0 Å². The molecule has 0 spiro atoms. The summed E-state index contributed by atoms with van der Waals surface area (Å²) in [4.78, 5) is 22.1. The smallest absolute Gasteiger partial charge is 0.266 e. The summed E-state index contributed by atoms with van der Waals surface area (Å²) in [5.74, 6) is -0.401. The minimum atomic E-state index is -3.63. The Morgan fingerprint density at radius 3 is 2.52 bits per heavy atom. The molecular formula is C24H30N4O3S2. The topological polar surface area (TPSA) is 82.6 Å². The van der Waals surface area contributed by atoms with Gasteiger partial charge < -0.3 is 4.90 Å². The standard InChI is InChI=1S/C24H30N4O3S2/c1-4-33(30,31)26-24(29)19-10-9-18(17(2)3)15-21(19)28-13-11-27(12-14-28)16-23-25-20-7-5-6-8-22(20)32-23/h5-10,15,17H,4,11-14,16H2,1-3H3,(H,26,29). The second kappa shape index (κ2) is 9.79. The highest BCUT2D eigenvalue weighted by molar-refractivity contribution is 7.90. The number of nitrogens with zero attached hydrogens (tertiary/aromatic N) is 3. The van der Waals surface area contributed by atoms with Crippen molar-refractivity contribution >= 4 is 43.2 Å². The lowest BCUT2D eigenvalue weighted by atomic mass is 9.99. The summed E-state index contributed by atoms with van der Waals surface area (Å²) in [5.41, 5.74) is 3.36. The number of hydrogen-bond acceptors (Lipinski definition) is 7. The van der Waals surface area contributed by atoms with Crippen LogP contribution in [0.1, 0.15) is 47.6 Å². The summed E-state index contributed by atoms with van der Waals surface area (Å²) in [5, 5.41) is 1.11. The molecule has 0 saturated carbocycles. The maximum absolute atomic E-state index is 12.8. The molecule has 0 aliphatic carbocycles. The van der Waals surface area contributed by atoms with Gasteiger partial charge in [0.25, 0.3) is 5.91 Å². The van der Waals surface area contributed by atoms with Crippen molar-refractivity contribution in [1.29, 1.82) is 0 Å². The number of hydrogen-bond donors (Lipinski definition) is 1. The van der Waals surface area contributed by atoms with Crippen molar-refractivity contribution in [3.63, 3.8) is 0 Å². The first-order chi connectivity index (χ1) is 15.8. The van der Waals surface area contributed by atoms with E-state index in [-0.39, 0.29) is 5.75 Å². The molecule has 1 saturated heterocycles. The van der Waals surface area contributed by atoms with Crippen LogP contribution in [0.25, 0.3) is 10.2 Å². The average molecular weight is 487 g/mol. The van der Waals surface area contributed by atoms with Gasteiger partial charge in [-0.05, 0) is 42.7 Å². The molecule has 1 fully saturated rings. The second-order valence-electron chi connectivity index (χ2n) is 8.60. The molecule has 1 aromatic heterocycles. The lowest BCUT2D eigenvalue weighted by molar-refractivity contribution is 0.0981. The number of piperazine rings is 1. The molecule has 4 rings (SSSR count). The van der Waals surface area contributed by atoms with Gasteiger partial charge in [-0.25, -0.2) is 18.1 Å². The summed E-state index contributed by atoms with van der Waals surface area (Å²) in [6.07, 6.45) is 0. The quantitative estimate of drug-likeness (QED) is 0.547. The van der Waals surface area contributed by atoms with E-state index < -0.39 is 15.9 Å². The molecule has 176 valence electrons. The SMILES string of the molecule is CCS(=O)(=O)NC(=O)c1ccc(C(C)C)cc1N1CCN(Cc2nc3ccccc3s2)CC1. The summed E-state index contributed by atoms with van der Waals surface area (Å²) in [6, 6.07) is 13.9. The van der Waals surface area contributed by atoms with Crippen LogP contribution in [0, 0.1) is 0 Å². The van der Waals surface area contributed by atoms with Crippen LogP contribution in [-0.2, 0) is 16.6 Å². The van der Waals surface area contributed by atoms with Gasteiger partial charge in [-0.3, -0.25) is 9.69 Å². The van der Waals surface area contributed by atoms with Crippen LogP contribution < -0.4 is 9.62 Å². The second-order valence-corrected chi connectivity index (χ2v) is 11.7. The Hall–Kier alpha value is -2.49. The third kappa shape index (κ3) is 5.54. The zero-order valence-corrected chi connectivity index (χ0v) is 20.9. The highest BCUT2D eigenvalue weighted by atomic mass is 32.2. The predicted octanol–water partition coefficient (Wildman–Crippen LogP) is 3.82. The zero-order chi connectivity index (χ0) is 23.6. The number of amides is 1. The summed E-state index contributed by atoms with van der Waals surface area (Å²) < 4.78 is 27.3. The molecule has 0 radical (unpaired) electrons. The molecule has 9 heteroatoms. The van der Waals surface area contributed by atoms with Crippen molar-refractivity contribution in [2.45, 2.75) is 33.2 Å². The summed E-state index contributed by atoms with van der Waals surface area (Å²) in [6.45, 7) is 9.74. The number of benzene rings is 2. The van der Waals surface area contributed by atoms with Gasteiger partial charge in [0.05, 0.1) is 28.1 Å². The van der Waals surface area contributed by atoms with Gasteiger partial charge in [0.2, 0.25) is 10.0 Å². The lowest BCUT2D eigenvalue weighted by Crippen LogP contribution is -2.46. The van der Waals surface area contributed by atoms with Crippen LogP contribution >= 0.6 is 11.3 Å². The molecule has 1 aliphatic heterocycles. The van der Waals surface area contributed by atoms with Crippen molar-refractivity contribution in [2.24, 2.45) is 0 Å². The molecule has 1 N–H and O–H groups in total. The number of nitrogens with one attached hydrogen (secondary N) is 1. The van der Waals surface area contributed by atoms with Crippen molar-refractivity contribution in [2.75, 3.05) is 36.8 Å². The Bertz CT molecular complexity index is 1210. The molecule has 0 bridgehead atoms. The molecule has 2 heterocycles. The van der Waals surface area contributed by atoms with Crippen molar-refractivity contribution < 1.29 is 13.2 Å². The molecule has 0 unspecified atom stereocenters. The van der Waals surface area contributed by atoms with Crippen molar-refractivity contribution in [3.8, 4) is 0 Å². The number of fused-ring (bicyclic) bond motifs is 1. The van der Waals surface area contributed by atoms with Crippen LogP contribution in [0.3, 0.4) is 0 Å².